The van der Waals surface area contributed by atoms with Gasteiger partial charge in [0.15, 0.2) is 0 Å². The molecule has 1 aromatic carbocycles. The van der Waals surface area contributed by atoms with Gasteiger partial charge in [-0.2, -0.15) is 0 Å². The fourth-order valence-corrected chi connectivity index (χ4v) is 3.77. The van der Waals surface area contributed by atoms with Crippen molar-refractivity contribution in [2.24, 2.45) is 5.92 Å². The number of nitrogens with zero attached hydrogens (tertiary/aromatic N) is 2. The van der Waals surface area contributed by atoms with E-state index in [1.807, 2.05) is 4.90 Å². The van der Waals surface area contributed by atoms with Crippen molar-refractivity contribution in [2.45, 2.75) is 25.3 Å². The zero-order valence-electron chi connectivity index (χ0n) is 12.7. The number of hydrogen-bond acceptors (Lipinski definition) is 4. The van der Waals surface area contributed by atoms with E-state index in [0.29, 0.717) is 36.6 Å². The molecule has 0 aliphatic carbocycles. The third-order valence-electron chi connectivity index (χ3n) is 4.59. The Hall–Kier alpha value is -1.63. The van der Waals surface area contributed by atoms with Gasteiger partial charge in [-0.15, -0.1) is 0 Å². The smallest absolute Gasteiger partial charge is 0.306 e. The topological polar surface area (TPSA) is 77.9 Å². The molecule has 1 atom stereocenters. The summed E-state index contributed by atoms with van der Waals surface area (Å²) in [7, 11) is 0. The Balaban J connectivity index is 1.76. The van der Waals surface area contributed by atoms with E-state index in [0.717, 1.165) is 4.90 Å². The molecule has 2 aliphatic heterocycles. The molecule has 0 radical (unpaired) electrons. The average molecular weight is 371 g/mol. The summed E-state index contributed by atoms with van der Waals surface area (Å²) < 4.78 is 0. The van der Waals surface area contributed by atoms with Crippen LogP contribution in [0, 0.1) is 5.92 Å². The zero-order valence-corrected chi connectivity index (χ0v) is 14.3. The number of hydrogen-bond donors (Lipinski definition) is 1. The summed E-state index contributed by atoms with van der Waals surface area (Å²) >= 11 is 12.0. The number of benzene rings is 1. The first-order valence-electron chi connectivity index (χ1n) is 7.67. The van der Waals surface area contributed by atoms with Crippen LogP contribution in [-0.4, -0.2) is 46.9 Å². The number of piperidine rings is 1. The molecule has 6 nitrogen and oxygen atoms in total. The van der Waals surface area contributed by atoms with Crippen LogP contribution in [0.5, 0.6) is 0 Å². The van der Waals surface area contributed by atoms with Crippen LogP contribution in [-0.2, 0) is 14.4 Å². The van der Waals surface area contributed by atoms with Crippen LogP contribution in [0.3, 0.4) is 0 Å². The van der Waals surface area contributed by atoms with Crippen molar-refractivity contribution in [1.82, 2.24) is 4.90 Å². The Morgan fingerprint density at radius 2 is 1.83 bits per heavy atom. The first-order chi connectivity index (χ1) is 11.4. The lowest BCUT2D eigenvalue weighted by molar-refractivity contribution is -0.143. The third-order valence-corrected chi connectivity index (χ3v) is 5.13. The maximum atomic E-state index is 12.7. The molecule has 0 saturated carbocycles. The van der Waals surface area contributed by atoms with Crippen molar-refractivity contribution in [3.05, 3.63) is 28.2 Å². The molecule has 0 unspecified atom stereocenters. The summed E-state index contributed by atoms with van der Waals surface area (Å²) in [5.74, 6) is -1.82. The predicted octanol–water partition coefficient (Wildman–Crippen LogP) is 2.42. The van der Waals surface area contributed by atoms with Crippen LogP contribution in [0.4, 0.5) is 5.69 Å². The quantitative estimate of drug-likeness (QED) is 0.826. The van der Waals surface area contributed by atoms with Gasteiger partial charge in [-0.05, 0) is 44.1 Å². The van der Waals surface area contributed by atoms with Crippen LogP contribution in [0.1, 0.15) is 19.3 Å². The number of likely N-dealkylation sites (tertiary alicyclic amines) is 1. The van der Waals surface area contributed by atoms with E-state index in [1.165, 1.54) is 6.07 Å². The normalized spacial score (nSPS) is 23.1. The maximum Gasteiger partial charge on any atom is 0.306 e. The Bertz CT molecular complexity index is 701. The molecule has 3 rings (SSSR count). The zero-order chi connectivity index (χ0) is 17.4. The van der Waals surface area contributed by atoms with Crippen molar-refractivity contribution in [3.8, 4) is 0 Å². The standard InChI is InChI=1S/C16H16Cl2N2O4/c17-10-1-2-12(11(18)7-10)20-14(21)8-13(15(20)22)19-5-3-9(4-6-19)16(23)24/h1-2,7,9,13H,3-6,8H2,(H,23,24)/t13-/m0/s1. The largest absolute Gasteiger partial charge is 0.481 e. The Kier molecular flexibility index (Phi) is 4.80. The van der Waals surface area contributed by atoms with E-state index in [4.69, 9.17) is 28.3 Å². The third kappa shape index (κ3) is 3.14. The van der Waals surface area contributed by atoms with E-state index in [2.05, 4.69) is 0 Å². The van der Waals surface area contributed by atoms with Gasteiger partial charge in [0, 0.05) is 5.02 Å². The molecule has 0 spiro atoms. The first-order valence-corrected chi connectivity index (χ1v) is 8.43. The highest BCUT2D eigenvalue weighted by molar-refractivity contribution is 6.38. The molecular formula is C16H16Cl2N2O4. The number of carboxylic acids is 1. The molecular weight excluding hydrogens is 355 g/mol. The SMILES string of the molecule is O=C(O)C1CCN([C@H]2CC(=O)N(c3ccc(Cl)cc3Cl)C2=O)CC1. The number of anilines is 1. The van der Waals surface area contributed by atoms with E-state index < -0.39 is 12.0 Å². The van der Waals surface area contributed by atoms with Gasteiger partial charge in [-0.25, -0.2) is 4.90 Å². The number of carbonyl (C=O) groups excluding carboxylic acids is 2. The van der Waals surface area contributed by atoms with Crippen LogP contribution in [0.25, 0.3) is 0 Å². The lowest BCUT2D eigenvalue weighted by atomic mass is 9.96. The summed E-state index contributed by atoms with van der Waals surface area (Å²) in [6.45, 7) is 0.978. The summed E-state index contributed by atoms with van der Waals surface area (Å²) in [6, 6.07) is 4.07. The Morgan fingerprint density at radius 1 is 1.17 bits per heavy atom. The lowest BCUT2D eigenvalue weighted by Gasteiger charge is -2.33. The van der Waals surface area contributed by atoms with Gasteiger partial charge >= 0.3 is 5.97 Å². The minimum atomic E-state index is -0.807. The molecule has 1 aromatic rings. The van der Waals surface area contributed by atoms with E-state index in [1.54, 1.807) is 12.1 Å². The fraction of sp³-hybridized carbons (Fsp3) is 0.438. The first kappa shape index (κ1) is 17.2. The second-order valence-corrected chi connectivity index (χ2v) is 6.88. The van der Waals surface area contributed by atoms with Crippen LogP contribution >= 0.6 is 23.2 Å². The maximum absolute atomic E-state index is 12.7. The number of carboxylic acid groups (broad SMARTS) is 1. The van der Waals surface area contributed by atoms with Crippen molar-refractivity contribution in [3.63, 3.8) is 0 Å². The monoisotopic (exact) mass is 370 g/mol. The van der Waals surface area contributed by atoms with Gasteiger partial charge in [-0.3, -0.25) is 19.3 Å². The van der Waals surface area contributed by atoms with Gasteiger partial charge < -0.3 is 5.11 Å². The molecule has 2 heterocycles. The minimum Gasteiger partial charge on any atom is -0.481 e. The van der Waals surface area contributed by atoms with Crippen molar-refractivity contribution >= 4 is 46.7 Å². The highest BCUT2D eigenvalue weighted by atomic mass is 35.5. The van der Waals surface area contributed by atoms with Crippen LogP contribution in [0.15, 0.2) is 18.2 Å². The summed E-state index contributed by atoms with van der Waals surface area (Å²) in [5, 5.41) is 9.73. The molecule has 1 N–H and O–H groups in total. The Morgan fingerprint density at radius 3 is 2.42 bits per heavy atom. The predicted molar refractivity (Wildman–Crippen MR) is 89.3 cm³/mol. The van der Waals surface area contributed by atoms with Gasteiger partial charge in [0.1, 0.15) is 0 Å². The van der Waals surface area contributed by atoms with Gasteiger partial charge in [0.05, 0.1) is 29.1 Å². The van der Waals surface area contributed by atoms with Crippen molar-refractivity contribution < 1.29 is 19.5 Å². The highest BCUT2D eigenvalue weighted by Gasteiger charge is 2.44. The molecule has 8 heteroatoms. The Labute approximate surface area is 148 Å². The van der Waals surface area contributed by atoms with Gasteiger partial charge in [0.2, 0.25) is 5.91 Å². The highest BCUT2D eigenvalue weighted by Crippen LogP contribution is 2.34. The number of carbonyl (C=O) groups is 3. The number of aliphatic carboxylic acids is 1. The van der Waals surface area contributed by atoms with E-state index in [-0.39, 0.29) is 29.2 Å². The molecule has 128 valence electrons. The van der Waals surface area contributed by atoms with Crippen LogP contribution < -0.4 is 4.90 Å². The number of rotatable bonds is 3. The van der Waals surface area contributed by atoms with Crippen molar-refractivity contribution in [1.29, 1.82) is 0 Å². The molecule has 2 saturated heterocycles. The van der Waals surface area contributed by atoms with Crippen LogP contribution in [0.2, 0.25) is 10.0 Å². The number of amides is 2. The molecule has 2 fully saturated rings. The summed E-state index contributed by atoms with van der Waals surface area (Å²) in [6.07, 6.45) is 1.04. The van der Waals surface area contributed by atoms with Gasteiger partial charge in [-0.1, -0.05) is 23.2 Å². The summed E-state index contributed by atoms with van der Waals surface area (Å²) in [5.41, 5.74) is 0.332. The van der Waals surface area contributed by atoms with E-state index in [9.17, 15) is 14.4 Å². The molecule has 2 amide bonds. The average Bonchev–Trinajstić information content (AvgIpc) is 2.83. The molecule has 0 aromatic heterocycles. The molecule has 24 heavy (non-hydrogen) atoms. The van der Waals surface area contributed by atoms with Gasteiger partial charge in [0.25, 0.3) is 5.91 Å². The molecule has 2 aliphatic rings. The second kappa shape index (κ2) is 6.70. The number of imide groups is 1. The van der Waals surface area contributed by atoms with E-state index >= 15 is 0 Å². The summed E-state index contributed by atoms with van der Waals surface area (Å²) in [4.78, 5) is 39.1. The fourth-order valence-electron chi connectivity index (χ4n) is 3.27. The van der Waals surface area contributed by atoms with Crippen molar-refractivity contribution in [2.75, 3.05) is 18.0 Å². The lowest BCUT2D eigenvalue weighted by Crippen LogP contribution is -2.46. The number of halogens is 2. The molecule has 0 bridgehead atoms. The minimum absolute atomic E-state index is 0.0789. The second-order valence-electron chi connectivity index (χ2n) is 6.03.